The van der Waals surface area contributed by atoms with E-state index in [9.17, 15) is 4.79 Å². The van der Waals surface area contributed by atoms with Crippen LogP contribution in [0.25, 0.3) is 0 Å². The average Bonchev–Trinajstić information content (AvgIpc) is 2.60. The molecular formula is C14H27N3O. The van der Waals surface area contributed by atoms with E-state index in [1.165, 1.54) is 44.9 Å². The molecule has 2 fully saturated rings. The summed E-state index contributed by atoms with van der Waals surface area (Å²) < 4.78 is 0. The van der Waals surface area contributed by atoms with Crippen molar-refractivity contribution in [2.24, 2.45) is 11.1 Å². The SMILES string of the molecule is NCCNC(=O)N1CCCC2(CCCCC2)CC1. The first-order chi connectivity index (χ1) is 8.76. The van der Waals surface area contributed by atoms with Crippen LogP contribution >= 0.6 is 0 Å². The smallest absolute Gasteiger partial charge is 0.317 e. The van der Waals surface area contributed by atoms with Crippen LogP contribution in [0.15, 0.2) is 0 Å². The van der Waals surface area contributed by atoms with E-state index in [1.54, 1.807) is 0 Å². The Hall–Kier alpha value is -0.770. The van der Waals surface area contributed by atoms with Crippen LogP contribution in [0.1, 0.15) is 51.4 Å². The third-order valence-corrected chi connectivity index (χ3v) is 4.67. The molecule has 2 amide bonds. The Morgan fingerprint density at radius 1 is 1.06 bits per heavy atom. The lowest BCUT2D eigenvalue weighted by molar-refractivity contribution is 0.157. The lowest BCUT2D eigenvalue weighted by Crippen LogP contribution is -2.42. The molecule has 1 aliphatic heterocycles. The van der Waals surface area contributed by atoms with Gasteiger partial charge in [0.25, 0.3) is 0 Å². The first kappa shape index (κ1) is 13.7. The minimum absolute atomic E-state index is 0.0771. The number of carbonyl (C=O) groups excluding carboxylic acids is 1. The van der Waals surface area contributed by atoms with E-state index in [0.717, 1.165) is 19.5 Å². The van der Waals surface area contributed by atoms with E-state index < -0.39 is 0 Å². The second kappa shape index (κ2) is 6.41. The molecule has 0 aromatic carbocycles. The molecule has 1 spiro atoms. The van der Waals surface area contributed by atoms with Gasteiger partial charge in [-0.3, -0.25) is 0 Å². The fourth-order valence-corrected chi connectivity index (χ4v) is 3.55. The number of amides is 2. The first-order valence-corrected chi connectivity index (χ1v) is 7.49. The number of hydrogen-bond donors (Lipinski definition) is 2. The van der Waals surface area contributed by atoms with Gasteiger partial charge in [-0.2, -0.15) is 0 Å². The van der Waals surface area contributed by atoms with Gasteiger partial charge in [0.2, 0.25) is 0 Å². The van der Waals surface area contributed by atoms with E-state index in [1.807, 2.05) is 4.90 Å². The van der Waals surface area contributed by atoms with Crippen LogP contribution in [0, 0.1) is 5.41 Å². The van der Waals surface area contributed by atoms with Gasteiger partial charge in [0.1, 0.15) is 0 Å². The van der Waals surface area contributed by atoms with Gasteiger partial charge in [-0.1, -0.05) is 19.3 Å². The van der Waals surface area contributed by atoms with Crippen molar-refractivity contribution in [3.05, 3.63) is 0 Å². The summed E-state index contributed by atoms with van der Waals surface area (Å²) >= 11 is 0. The maximum absolute atomic E-state index is 11.9. The highest BCUT2D eigenvalue weighted by molar-refractivity contribution is 5.74. The highest BCUT2D eigenvalue weighted by atomic mass is 16.2. The summed E-state index contributed by atoms with van der Waals surface area (Å²) in [4.78, 5) is 13.9. The van der Waals surface area contributed by atoms with Crippen LogP contribution in [-0.2, 0) is 0 Å². The Labute approximate surface area is 110 Å². The lowest BCUT2D eigenvalue weighted by atomic mass is 9.69. The number of nitrogens with zero attached hydrogens (tertiary/aromatic N) is 1. The molecule has 1 saturated heterocycles. The predicted molar refractivity (Wildman–Crippen MR) is 73.4 cm³/mol. The van der Waals surface area contributed by atoms with E-state index in [4.69, 9.17) is 5.73 Å². The molecule has 104 valence electrons. The van der Waals surface area contributed by atoms with Crippen molar-refractivity contribution in [3.63, 3.8) is 0 Å². The maximum Gasteiger partial charge on any atom is 0.317 e. The van der Waals surface area contributed by atoms with Gasteiger partial charge >= 0.3 is 6.03 Å². The molecule has 3 N–H and O–H groups in total. The molecule has 18 heavy (non-hydrogen) atoms. The Bertz CT molecular complexity index is 274. The highest BCUT2D eigenvalue weighted by Crippen LogP contribution is 2.44. The van der Waals surface area contributed by atoms with Crippen LogP contribution < -0.4 is 11.1 Å². The van der Waals surface area contributed by atoms with Crippen LogP contribution in [0.3, 0.4) is 0 Å². The lowest BCUT2D eigenvalue weighted by Gasteiger charge is -2.36. The Balaban J connectivity index is 1.85. The molecule has 1 heterocycles. The summed E-state index contributed by atoms with van der Waals surface area (Å²) in [5, 5.41) is 2.88. The third kappa shape index (κ3) is 3.37. The zero-order valence-electron chi connectivity index (χ0n) is 11.4. The number of nitrogens with one attached hydrogen (secondary N) is 1. The second-order valence-corrected chi connectivity index (χ2v) is 5.92. The largest absolute Gasteiger partial charge is 0.337 e. The Morgan fingerprint density at radius 3 is 2.50 bits per heavy atom. The molecule has 1 aliphatic carbocycles. The summed E-state index contributed by atoms with van der Waals surface area (Å²) in [5.41, 5.74) is 5.97. The van der Waals surface area contributed by atoms with Crippen LogP contribution in [0.5, 0.6) is 0 Å². The molecule has 0 radical (unpaired) electrons. The van der Waals surface area contributed by atoms with Gasteiger partial charge in [-0.05, 0) is 37.5 Å². The standard InChI is InChI=1S/C14H27N3O/c15-9-10-16-13(18)17-11-4-7-14(8-12-17)5-2-1-3-6-14/h1-12,15H2,(H,16,18). The zero-order valence-corrected chi connectivity index (χ0v) is 11.4. The van der Waals surface area contributed by atoms with Crippen molar-refractivity contribution in [3.8, 4) is 0 Å². The van der Waals surface area contributed by atoms with Gasteiger partial charge in [0.05, 0.1) is 0 Å². The summed E-state index contributed by atoms with van der Waals surface area (Å²) in [6, 6.07) is 0.0771. The topological polar surface area (TPSA) is 58.4 Å². The average molecular weight is 253 g/mol. The minimum Gasteiger partial charge on any atom is -0.337 e. The van der Waals surface area contributed by atoms with Crippen LogP contribution in [0.2, 0.25) is 0 Å². The van der Waals surface area contributed by atoms with E-state index in [-0.39, 0.29) is 6.03 Å². The van der Waals surface area contributed by atoms with Crippen molar-refractivity contribution in [1.29, 1.82) is 0 Å². The van der Waals surface area contributed by atoms with Crippen molar-refractivity contribution in [2.75, 3.05) is 26.2 Å². The molecular weight excluding hydrogens is 226 g/mol. The number of urea groups is 1. The van der Waals surface area contributed by atoms with Gasteiger partial charge in [-0.15, -0.1) is 0 Å². The zero-order chi connectivity index (χ0) is 12.8. The monoisotopic (exact) mass is 253 g/mol. The molecule has 0 aromatic heterocycles. The Kier molecular flexibility index (Phi) is 4.87. The van der Waals surface area contributed by atoms with Crippen molar-refractivity contribution in [1.82, 2.24) is 10.2 Å². The number of hydrogen-bond acceptors (Lipinski definition) is 2. The van der Waals surface area contributed by atoms with Crippen molar-refractivity contribution in [2.45, 2.75) is 51.4 Å². The Morgan fingerprint density at radius 2 is 1.78 bits per heavy atom. The van der Waals surface area contributed by atoms with Gasteiger partial charge in [0, 0.05) is 26.2 Å². The second-order valence-electron chi connectivity index (χ2n) is 5.92. The summed E-state index contributed by atoms with van der Waals surface area (Å²) in [6.07, 6.45) is 10.6. The number of likely N-dealkylation sites (tertiary alicyclic amines) is 1. The van der Waals surface area contributed by atoms with Gasteiger partial charge < -0.3 is 16.0 Å². The predicted octanol–water partition coefficient (Wildman–Crippen LogP) is 2.09. The molecule has 0 aromatic rings. The van der Waals surface area contributed by atoms with Crippen LogP contribution in [0.4, 0.5) is 4.79 Å². The first-order valence-electron chi connectivity index (χ1n) is 7.49. The van der Waals surface area contributed by atoms with Gasteiger partial charge in [-0.25, -0.2) is 4.79 Å². The van der Waals surface area contributed by atoms with Crippen molar-refractivity contribution < 1.29 is 4.79 Å². The summed E-state index contributed by atoms with van der Waals surface area (Å²) in [6.45, 7) is 2.94. The van der Waals surface area contributed by atoms with E-state index >= 15 is 0 Å². The number of rotatable bonds is 2. The molecule has 2 rings (SSSR count). The molecule has 1 saturated carbocycles. The molecule has 0 bridgehead atoms. The molecule has 4 nitrogen and oxygen atoms in total. The third-order valence-electron chi connectivity index (χ3n) is 4.67. The highest BCUT2D eigenvalue weighted by Gasteiger charge is 2.34. The minimum atomic E-state index is 0.0771. The molecule has 4 heteroatoms. The van der Waals surface area contributed by atoms with E-state index in [2.05, 4.69) is 5.32 Å². The summed E-state index contributed by atoms with van der Waals surface area (Å²) in [5.74, 6) is 0. The maximum atomic E-state index is 11.9. The molecule has 2 aliphatic rings. The van der Waals surface area contributed by atoms with Crippen molar-refractivity contribution >= 4 is 6.03 Å². The molecule has 0 unspecified atom stereocenters. The quantitative estimate of drug-likeness (QED) is 0.791. The number of carbonyl (C=O) groups is 1. The summed E-state index contributed by atoms with van der Waals surface area (Å²) in [7, 11) is 0. The fourth-order valence-electron chi connectivity index (χ4n) is 3.55. The van der Waals surface area contributed by atoms with Gasteiger partial charge in [0.15, 0.2) is 0 Å². The molecule has 0 atom stereocenters. The fraction of sp³-hybridized carbons (Fsp3) is 0.929. The van der Waals surface area contributed by atoms with E-state index in [0.29, 0.717) is 18.5 Å². The number of nitrogens with two attached hydrogens (primary N) is 1. The van der Waals surface area contributed by atoms with Crippen LogP contribution in [-0.4, -0.2) is 37.1 Å². The normalized spacial score (nSPS) is 23.7.